The minimum Gasteiger partial charge on any atom is -0.349 e. The molecule has 0 fully saturated rings. The third kappa shape index (κ3) is 3.44. The monoisotopic (exact) mass is 272 g/mol. The highest BCUT2D eigenvalue weighted by Crippen LogP contribution is 2.08. The molecule has 0 aliphatic carbocycles. The summed E-state index contributed by atoms with van der Waals surface area (Å²) in [6.07, 6.45) is 0.949. The Balaban J connectivity index is 2.09. The maximum Gasteiger partial charge on any atom is 0.290 e. The van der Waals surface area contributed by atoms with Gasteiger partial charge in [-0.15, -0.1) is 5.10 Å². The van der Waals surface area contributed by atoms with Crippen molar-refractivity contribution >= 4 is 5.91 Å². The molecule has 20 heavy (non-hydrogen) atoms. The maximum atomic E-state index is 12.0. The van der Waals surface area contributed by atoms with Crippen LogP contribution in [0.2, 0.25) is 0 Å². The van der Waals surface area contributed by atoms with Gasteiger partial charge in [0, 0.05) is 6.54 Å². The minimum atomic E-state index is -0.219. The summed E-state index contributed by atoms with van der Waals surface area (Å²) < 4.78 is 1.68. The van der Waals surface area contributed by atoms with E-state index in [1.165, 1.54) is 0 Å². The molecule has 1 N–H and O–H groups in total. The first-order chi connectivity index (χ1) is 9.58. The lowest BCUT2D eigenvalue weighted by Gasteiger charge is -2.04. The standard InChI is InChI=1S/C15H20N4O/c1-11(2)9-10-16-15(20)14-17-12(3)19(18-14)13-7-5-4-6-8-13/h4-8,11H,9-10H2,1-3H3,(H,16,20). The van der Waals surface area contributed by atoms with E-state index in [-0.39, 0.29) is 11.7 Å². The second kappa shape index (κ2) is 6.32. The molecule has 0 aliphatic heterocycles. The second-order valence-corrected chi connectivity index (χ2v) is 5.17. The van der Waals surface area contributed by atoms with Crippen molar-refractivity contribution in [1.82, 2.24) is 20.1 Å². The summed E-state index contributed by atoms with van der Waals surface area (Å²) in [5, 5.41) is 7.12. The number of aromatic nitrogens is 3. The molecule has 0 saturated heterocycles. The van der Waals surface area contributed by atoms with E-state index in [9.17, 15) is 4.79 Å². The van der Waals surface area contributed by atoms with Crippen LogP contribution in [-0.2, 0) is 0 Å². The zero-order valence-electron chi connectivity index (χ0n) is 12.1. The maximum absolute atomic E-state index is 12.0. The van der Waals surface area contributed by atoms with Gasteiger partial charge < -0.3 is 5.32 Å². The van der Waals surface area contributed by atoms with Crippen LogP contribution in [0.25, 0.3) is 5.69 Å². The van der Waals surface area contributed by atoms with Gasteiger partial charge in [0.05, 0.1) is 5.69 Å². The Morgan fingerprint density at radius 1 is 1.30 bits per heavy atom. The molecule has 0 aliphatic rings. The van der Waals surface area contributed by atoms with E-state index in [1.807, 2.05) is 37.3 Å². The molecule has 0 atom stereocenters. The van der Waals surface area contributed by atoms with Crippen LogP contribution in [0.4, 0.5) is 0 Å². The van der Waals surface area contributed by atoms with Gasteiger partial charge in [-0.2, -0.15) is 0 Å². The summed E-state index contributed by atoms with van der Waals surface area (Å²) in [7, 11) is 0. The first-order valence-corrected chi connectivity index (χ1v) is 6.85. The Bertz CT molecular complexity index is 575. The van der Waals surface area contributed by atoms with E-state index in [4.69, 9.17) is 0 Å². The van der Waals surface area contributed by atoms with Crippen LogP contribution in [0, 0.1) is 12.8 Å². The molecule has 1 aromatic heterocycles. The Hall–Kier alpha value is -2.17. The summed E-state index contributed by atoms with van der Waals surface area (Å²) in [6, 6.07) is 9.66. The van der Waals surface area contributed by atoms with Gasteiger partial charge in [0.25, 0.3) is 5.91 Å². The number of benzene rings is 1. The third-order valence-corrected chi connectivity index (χ3v) is 2.98. The zero-order valence-corrected chi connectivity index (χ0v) is 12.1. The lowest BCUT2D eigenvalue weighted by atomic mass is 10.1. The fourth-order valence-electron chi connectivity index (χ4n) is 1.85. The van der Waals surface area contributed by atoms with Crippen molar-refractivity contribution in [1.29, 1.82) is 0 Å². The molecular weight excluding hydrogens is 252 g/mol. The highest BCUT2D eigenvalue weighted by Gasteiger charge is 2.14. The number of carbonyl (C=O) groups excluding carboxylic acids is 1. The smallest absolute Gasteiger partial charge is 0.290 e. The van der Waals surface area contributed by atoms with Gasteiger partial charge in [0.2, 0.25) is 5.82 Å². The van der Waals surface area contributed by atoms with Gasteiger partial charge in [0.1, 0.15) is 5.82 Å². The molecular formula is C15H20N4O. The summed E-state index contributed by atoms with van der Waals surface area (Å²) in [6.45, 7) is 6.73. The van der Waals surface area contributed by atoms with Crippen LogP contribution in [-0.4, -0.2) is 27.2 Å². The average molecular weight is 272 g/mol. The molecule has 2 rings (SSSR count). The lowest BCUT2D eigenvalue weighted by Crippen LogP contribution is -2.26. The molecule has 0 bridgehead atoms. The highest BCUT2D eigenvalue weighted by molar-refractivity contribution is 5.90. The molecule has 5 nitrogen and oxygen atoms in total. The molecule has 0 unspecified atom stereocenters. The van der Waals surface area contributed by atoms with Crippen LogP contribution < -0.4 is 5.32 Å². The SMILES string of the molecule is Cc1nc(C(=O)NCCC(C)C)nn1-c1ccccc1. The Morgan fingerprint density at radius 2 is 2.00 bits per heavy atom. The Labute approximate surface area is 119 Å². The number of hydrogen-bond acceptors (Lipinski definition) is 3. The molecule has 5 heteroatoms. The van der Waals surface area contributed by atoms with Crippen molar-refractivity contribution in [2.45, 2.75) is 27.2 Å². The van der Waals surface area contributed by atoms with Crippen LogP contribution in [0.15, 0.2) is 30.3 Å². The quantitative estimate of drug-likeness (QED) is 0.909. The Morgan fingerprint density at radius 3 is 2.65 bits per heavy atom. The van der Waals surface area contributed by atoms with E-state index in [0.29, 0.717) is 18.3 Å². The largest absolute Gasteiger partial charge is 0.349 e. The fourth-order valence-corrected chi connectivity index (χ4v) is 1.85. The predicted molar refractivity (Wildman–Crippen MR) is 77.9 cm³/mol. The summed E-state index contributed by atoms with van der Waals surface area (Å²) >= 11 is 0. The molecule has 1 aromatic carbocycles. The molecule has 1 amide bonds. The van der Waals surface area contributed by atoms with Crippen molar-refractivity contribution in [2.75, 3.05) is 6.54 Å². The van der Waals surface area contributed by atoms with Crippen molar-refractivity contribution in [2.24, 2.45) is 5.92 Å². The molecule has 106 valence electrons. The van der Waals surface area contributed by atoms with Crippen molar-refractivity contribution in [3.63, 3.8) is 0 Å². The summed E-state index contributed by atoms with van der Waals surface area (Å²) in [5.41, 5.74) is 0.902. The number of rotatable bonds is 5. The van der Waals surface area contributed by atoms with Crippen LogP contribution in [0.3, 0.4) is 0 Å². The van der Waals surface area contributed by atoms with E-state index in [2.05, 4.69) is 29.2 Å². The van der Waals surface area contributed by atoms with E-state index in [0.717, 1.165) is 12.1 Å². The van der Waals surface area contributed by atoms with E-state index < -0.39 is 0 Å². The number of para-hydroxylation sites is 1. The normalized spacial score (nSPS) is 10.8. The molecule has 1 heterocycles. The second-order valence-electron chi connectivity index (χ2n) is 5.17. The summed E-state index contributed by atoms with van der Waals surface area (Å²) in [5.74, 6) is 1.26. The molecule has 0 saturated carbocycles. The van der Waals surface area contributed by atoms with Gasteiger partial charge in [-0.1, -0.05) is 32.0 Å². The van der Waals surface area contributed by atoms with Crippen molar-refractivity contribution in [3.05, 3.63) is 42.0 Å². The van der Waals surface area contributed by atoms with Gasteiger partial charge in [-0.3, -0.25) is 4.79 Å². The first-order valence-electron chi connectivity index (χ1n) is 6.85. The van der Waals surface area contributed by atoms with Crippen molar-refractivity contribution in [3.8, 4) is 5.69 Å². The van der Waals surface area contributed by atoms with Crippen LogP contribution in [0.1, 0.15) is 36.7 Å². The number of carbonyl (C=O) groups is 1. The fraction of sp³-hybridized carbons (Fsp3) is 0.400. The van der Waals surface area contributed by atoms with Crippen LogP contribution >= 0.6 is 0 Å². The topological polar surface area (TPSA) is 59.8 Å². The predicted octanol–water partition coefficient (Wildman–Crippen LogP) is 2.35. The number of nitrogens with zero attached hydrogens (tertiary/aromatic N) is 3. The highest BCUT2D eigenvalue weighted by atomic mass is 16.2. The molecule has 2 aromatic rings. The van der Waals surface area contributed by atoms with Gasteiger partial charge >= 0.3 is 0 Å². The average Bonchev–Trinajstić information content (AvgIpc) is 2.81. The number of hydrogen-bond donors (Lipinski definition) is 1. The molecule has 0 radical (unpaired) electrons. The van der Waals surface area contributed by atoms with Crippen LogP contribution in [0.5, 0.6) is 0 Å². The Kier molecular flexibility index (Phi) is 4.50. The summed E-state index contributed by atoms with van der Waals surface area (Å²) in [4.78, 5) is 16.2. The van der Waals surface area contributed by atoms with Gasteiger partial charge in [0.15, 0.2) is 0 Å². The number of amides is 1. The van der Waals surface area contributed by atoms with Gasteiger partial charge in [-0.05, 0) is 31.4 Å². The molecule has 0 spiro atoms. The van der Waals surface area contributed by atoms with E-state index >= 15 is 0 Å². The zero-order chi connectivity index (χ0) is 14.5. The van der Waals surface area contributed by atoms with E-state index in [1.54, 1.807) is 4.68 Å². The van der Waals surface area contributed by atoms with Crippen molar-refractivity contribution < 1.29 is 4.79 Å². The number of aryl methyl sites for hydroxylation is 1. The minimum absolute atomic E-state index is 0.218. The van der Waals surface area contributed by atoms with Gasteiger partial charge in [-0.25, -0.2) is 9.67 Å². The third-order valence-electron chi connectivity index (χ3n) is 2.98. The lowest BCUT2D eigenvalue weighted by molar-refractivity contribution is 0.0941. The number of nitrogens with one attached hydrogen (secondary N) is 1. The first kappa shape index (κ1) is 14.2.